The molecule has 0 bridgehead atoms. The summed E-state index contributed by atoms with van der Waals surface area (Å²) in [4.78, 5) is 0. The zero-order chi connectivity index (χ0) is 6.10. The summed E-state index contributed by atoms with van der Waals surface area (Å²) in [6, 6.07) is 0. The third-order valence-electron chi connectivity index (χ3n) is 2.06. The fourth-order valence-corrected chi connectivity index (χ4v) is 2.50. The second-order valence-corrected chi connectivity index (χ2v) is 3.66. The van der Waals surface area contributed by atoms with Crippen LogP contribution in [-0.4, -0.2) is 18.8 Å². The quantitative estimate of drug-likeness (QED) is 0.544. The van der Waals surface area contributed by atoms with E-state index < -0.39 is 0 Å². The molecule has 0 spiro atoms. The lowest BCUT2D eigenvalue weighted by Gasteiger charge is -2.14. The van der Waals surface area contributed by atoms with Gasteiger partial charge >= 0.3 is 0 Å². The average molecular weight is 141 g/mol. The first-order valence-electron chi connectivity index (χ1n) is 3.48. The van der Waals surface area contributed by atoms with E-state index in [1.807, 2.05) is 11.8 Å². The van der Waals surface area contributed by atoms with Crippen molar-refractivity contribution in [3.05, 3.63) is 11.0 Å². The van der Waals surface area contributed by atoms with Gasteiger partial charge in [0, 0.05) is 13.1 Å². The first-order valence-corrected chi connectivity index (χ1v) is 4.53. The number of hydrogen-bond acceptors (Lipinski definition) is 2. The van der Waals surface area contributed by atoms with Crippen molar-refractivity contribution in [1.82, 2.24) is 5.32 Å². The third kappa shape index (κ3) is 1.01. The van der Waals surface area contributed by atoms with Crippen molar-refractivity contribution in [2.24, 2.45) is 5.92 Å². The third-order valence-corrected chi connectivity index (χ3v) is 3.00. The van der Waals surface area contributed by atoms with E-state index in [4.69, 9.17) is 0 Å². The monoisotopic (exact) mass is 141 g/mol. The fourth-order valence-electron chi connectivity index (χ4n) is 1.47. The number of hydrogen-bond donors (Lipinski definition) is 1. The Kier molecular flexibility index (Phi) is 1.52. The van der Waals surface area contributed by atoms with Gasteiger partial charge in [0.2, 0.25) is 0 Å². The lowest BCUT2D eigenvalue weighted by molar-refractivity contribution is 0.634. The summed E-state index contributed by atoms with van der Waals surface area (Å²) >= 11 is 1.97. The highest BCUT2D eigenvalue weighted by molar-refractivity contribution is 8.02. The molecule has 1 saturated heterocycles. The van der Waals surface area contributed by atoms with Gasteiger partial charge in [-0.25, -0.2) is 0 Å². The smallest absolute Gasteiger partial charge is 0.0176 e. The minimum atomic E-state index is 0.895. The van der Waals surface area contributed by atoms with Gasteiger partial charge < -0.3 is 5.32 Å². The summed E-state index contributed by atoms with van der Waals surface area (Å²) in [5.41, 5.74) is 1.64. The molecule has 0 saturated carbocycles. The van der Waals surface area contributed by atoms with Gasteiger partial charge in [-0.1, -0.05) is 0 Å². The summed E-state index contributed by atoms with van der Waals surface area (Å²) in [6.45, 7) is 2.38. The number of nitrogens with one attached hydrogen (secondary N) is 1. The van der Waals surface area contributed by atoms with Gasteiger partial charge in [-0.2, -0.15) is 0 Å². The van der Waals surface area contributed by atoms with E-state index in [9.17, 15) is 0 Å². The van der Waals surface area contributed by atoms with Gasteiger partial charge in [0.15, 0.2) is 0 Å². The summed E-state index contributed by atoms with van der Waals surface area (Å²) in [6.07, 6.45) is 1.39. The van der Waals surface area contributed by atoms with Crippen molar-refractivity contribution in [1.29, 1.82) is 0 Å². The molecule has 50 valence electrons. The largest absolute Gasteiger partial charge is 0.312 e. The van der Waals surface area contributed by atoms with Crippen LogP contribution in [0.4, 0.5) is 0 Å². The summed E-state index contributed by atoms with van der Waals surface area (Å²) in [5.74, 6) is 2.22. The van der Waals surface area contributed by atoms with E-state index in [0.29, 0.717) is 0 Å². The Labute approximate surface area is 59.9 Å². The maximum Gasteiger partial charge on any atom is 0.0176 e. The maximum absolute atomic E-state index is 3.38. The minimum Gasteiger partial charge on any atom is -0.312 e. The molecule has 1 unspecified atom stereocenters. The molecular formula is C7H11NS. The highest BCUT2D eigenvalue weighted by atomic mass is 32.2. The van der Waals surface area contributed by atoms with Gasteiger partial charge in [-0.15, -0.1) is 11.8 Å². The molecule has 2 rings (SSSR count). The van der Waals surface area contributed by atoms with Crippen molar-refractivity contribution in [2.45, 2.75) is 6.42 Å². The van der Waals surface area contributed by atoms with E-state index in [-0.39, 0.29) is 0 Å². The average Bonchev–Trinajstić information content (AvgIpc) is 2.33. The molecule has 2 aliphatic heterocycles. The number of thioether (sulfide) groups is 1. The van der Waals surface area contributed by atoms with Crippen LogP contribution in [0.25, 0.3) is 0 Å². The van der Waals surface area contributed by atoms with E-state index in [2.05, 4.69) is 10.7 Å². The molecule has 0 aromatic carbocycles. The SMILES string of the molecule is C1=C2CNCC2CCS1. The molecule has 1 nitrogen and oxygen atoms in total. The van der Waals surface area contributed by atoms with E-state index >= 15 is 0 Å². The Morgan fingerprint density at radius 1 is 1.67 bits per heavy atom. The molecule has 1 atom stereocenters. The van der Waals surface area contributed by atoms with Crippen molar-refractivity contribution in [3.63, 3.8) is 0 Å². The Bertz CT molecular complexity index is 142. The van der Waals surface area contributed by atoms with Crippen LogP contribution in [0.2, 0.25) is 0 Å². The van der Waals surface area contributed by atoms with Crippen LogP contribution in [0.15, 0.2) is 11.0 Å². The van der Waals surface area contributed by atoms with Crippen LogP contribution in [0.5, 0.6) is 0 Å². The zero-order valence-electron chi connectivity index (χ0n) is 5.39. The standard InChI is InChI=1S/C7H11NS/c1-2-9-5-7-4-8-3-6(1)7/h5-6,8H,1-4H2. The number of rotatable bonds is 0. The Morgan fingerprint density at radius 3 is 3.56 bits per heavy atom. The van der Waals surface area contributed by atoms with Crippen molar-refractivity contribution in [3.8, 4) is 0 Å². The van der Waals surface area contributed by atoms with Gasteiger partial charge in [-0.3, -0.25) is 0 Å². The molecule has 2 heteroatoms. The summed E-state index contributed by atoms with van der Waals surface area (Å²) < 4.78 is 0. The van der Waals surface area contributed by atoms with Gasteiger partial charge in [0.1, 0.15) is 0 Å². The van der Waals surface area contributed by atoms with Gasteiger partial charge in [0.05, 0.1) is 0 Å². The predicted octanol–water partition coefficient (Wildman–Crippen LogP) is 1.23. The van der Waals surface area contributed by atoms with E-state index in [1.54, 1.807) is 5.57 Å². The maximum atomic E-state index is 3.38. The van der Waals surface area contributed by atoms with Gasteiger partial charge in [0.25, 0.3) is 0 Å². The predicted molar refractivity (Wildman–Crippen MR) is 41.5 cm³/mol. The Morgan fingerprint density at radius 2 is 2.67 bits per heavy atom. The Balaban J connectivity index is 2.16. The second-order valence-electron chi connectivity index (χ2n) is 2.68. The van der Waals surface area contributed by atoms with E-state index in [0.717, 1.165) is 12.5 Å². The highest BCUT2D eigenvalue weighted by Gasteiger charge is 2.21. The molecule has 1 fully saturated rings. The second kappa shape index (κ2) is 2.35. The van der Waals surface area contributed by atoms with E-state index in [1.165, 1.54) is 18.7 Å². The lowest BCUT2D eigenvalue weighted by Crippen LogP contribution is -2.10. The first kappa shape index (κ1) is 5.81. The summed E-state index contributed by atoms with van der Waals surface area (Å²) in [7, 11) is 0. The highest BCUT2D eigenvalue weighted by Crippen LogP contribution is 2.28. The fraction of sp³-hybridized carbons (Fsp3) is 0.714. The van der Waals surface area contributed by atoms with Crippen molar-refractivity contribution >= 4 is 11.8 Å². The van der Waals surface area contributed by atoms with Crippen LogP contribution < -0.4 is 5.32 Å². The normalized spacial score (nSPS) is 33.8. The molecular weight excluding hydrogens is 130 g/mol. The molecule has 0 aromatic rings. The zero-order valence-corrected chi connectivity index (χ0v) is 6.21. The number of fused-ring (bicyclic) bond motifs is 1. The lowest BCUT2D eigenvalue weighted by atomic mass is 10.0. The molecule has 0 amide bonds. The molecule has 0 radical (unpaired) electrons. The van der Waals surface area contributed by atoms with Crippen molar-refractivity contribution < 1.29 is 0 Å². The van der Waals surface area contributed by atoms with Gasteiger partial charge in [-0.05, 0) is 29.1 Å². The van der Waals surface area contributed by atoms with Crippen LogP contribution >= 0.6 is 11.8 Å². The molecule has 0 aliphatic carbocycles. The molecule has 2 heterocycles. The molecule has 0 aromatic heterocycles. The van der Waals surface area contributed by atoms with Crippen LogP contribution in [0.3, 0.4) is 0 Å². The van der Waals surface area contributed by atoms with Crippen LogP contribution in [-0.2, 0) is 0 Å². The van der Waals surface area contributed by atoms with Crippen LogP contribution in [0.1, 0.15) is 6.42 Å². The minimum absolute atomic E-state index is 0.895. The molecule has 2 aliphatic rings. The van der Waals surface area contributed by atoms with Crippen molar-refractivity contribution in [2.75, 3.05) is 18.8 Å². The molecule has 1 N–H and O–H groups in total. The summed E-state index contributed by atoms with van der Waals surface area (Å²) in [5, 5.41) is 5.72. The first-order chi connectivity index (χ1) is 4.47. The van der Waals surface area contributed by atoms with Crippen LogP contribution in [0, 0.1) is 5.92 Å². The molecule has 9 heavy (non-hydrogen) atoms. The topological polar surface area (TPSA) is 12.0 Å². The Hall–Kier alpha value is 0.0500.